The maximum Gasteiger partial charge on any atom is 0.242 e. The number of aliphatic hydroxyl groups is 1. The third kappa shape index (κ3) is 6.81. The average Bonchev–Trinajstić information content (AvgIpc) is 3.33. The molecule has 3 N–H and O–H groups in total. The molecule has 0 atom stereocenters. The fourth-order valence-corrected chi connectivity index (χ4v) is 6.02. The second-order valence-corrected chi connectivity index (χ2v) is 12.2. The lowest BCUT2D eigenvalue weighted by Gasteiger charge is -2.26. The van der Waals surface area contributed by atoms with E-state index in [1.54, 1.807) is 37.6 Å². The van der Waals surface area contributed by atoms with Crippen molar-refractivity contribution in [1.29, 1.82) is 0 Å². The van der Waals surface area contributed by atoms with Crippen LogP contribution >= 0.6 is 0 Å². The van der Waals surface area contributed by atoms with Crippen molar-refractivity contribution in [2.75, 3.05) is 24.2 Å². The molecule has 38 heavy (non-hydrogen) atoms. The van der Waals surface area contributed by atoms with E-state index in [9.17, 15) is 13.5 Å². The van der Waals surface area contributed by atoms with E-state index in [4.69, 9.17) is 9.97 Å². The van der Waals surface area contributed by atoms with Gasteiger partial charge in [-0.25, -0.2) is 17.7 Å². The molecule has 0 radical (unpaired) electrons. The standard InChI is InChI=1S/C27H41N7O3S/c1-4-6-7-8-9-18-33(3)38(36,37)23-16-12-20(13-17-23)29-25-24-26(34(5-2)19-28-24)32-27(31-25)30-21-10-14-22(35)15-11-21/h12-13,16-17,19,21-22,35H,4-11,14-15,18H2,1-3H3,(H2,29,30,31,32)/t21-,22-. The van der Waals surface area contributed by atoms with Gasteiger partial charge in [-0.2, -0.15) is 9.97 Å². The fourth-order valence-electron chi connectivity index (χ4n) is 4.82. The quantitative estimate of drug-likeness (QED) is 0.260. The first-order valence-electron chi connectivity index (χ1n) is 13.8. The first-order chi connectivity index (χ1) is 18.3. The van der Waals surface area contributed by atoms with Crippen LogP contribution in [0, 0.1) is 0 Å². The van der Waals surface area contributed by atoms with Gasteiger partial charge in [0, 0.05) is 31.9 Å². The zero-order valence-corrected chi connectivity index (χ0v) is 23.5. The fraction of sp³-hybridized carbons (Fsp3) is 0.593. The maximum atomic E-state index is 13.0. The van der Waals surface area contributed by atoms with Crippen LogP contribution < -0.4 is 10.6 Å². The van der Waals surface area contributed by atoms with E-state index in [-0.39, 0.29) is 17.0 Å². The van der Waals surface area contributed by atoms with Crippen LogP contribution in [-0.4, -0.2) is 63.1 Å². The molecule has 1 aromatic carbocycles. The van der Waals surface area contributed by atoms with Crippen molar-refractivity contribution in [3.63, 3.8) is 0 Å². The molecule has 11 heteroatoms. The number of benzene rings is 1. The summed E-state index contributed by atoms with van der Waals surface area (Å²) >= 11 is 0. The van der Waals surface area contributed by atoms with E-state index in [2.05, 4.69) is 22.5 Å². The number of aryl methyl sites for hydroxylation is 1. The third-order valence-corrected chi connectivity index (χ3v) is 9.11. The normalized spacial score (nSPS) is 18.2. The van der Waals surface area contributed by atoms with E-state index in [1.165, 1.54) is 17.1 Å². The SMILES string of the molecule is CCCCCCCN(C)S(=O)(=O)c1ccc(Nc2nc(N[C@H]3CC[C@H](O)CC3)nc3c2ncn3CC)cc1. The zero-order chi connectivity index (χ0) is 27.1. The molecule has 2 heterocycles. The number of sulfonamides is 1. The van der Waals surface area contributed by atoms with E-state index in [0.29, 0.717) is 29.5 Å². The minimum atomic E-state index is -3.55. The predicted octanol–water partition coefficient (Wildman–Crippen LogP) is 4.90. The molecule has 0 saturated heterocycles. The highest BCUT2D eigenvalue weighted by Crippen LogP contribution is 2.27. The van der Waals surface area contributed by atoms with Crippen LogP contribution in [-0.2, 0) is 16.6 Å². The number of imidazole rings is 1. The Morgan fingerprint density at radius 1 is 1.03 bits per heavy atom. The van der Waals surface area contributed by atoms with Gasteiger partial charge in [-0.1, -0.05) is 32.6 Å². The first kappa shape index (κ1) is 28.3. The molecule has 2 aromatic heterocycles. The van der Waals surface area contributed by atoms with E-state index in [1.807, 2.05) is 11.5 Å². The molecule has 1 aliphatic carbocycles. The summed E-state index contributed by atoms with van der Waals surface area (Å²) < 4.78 is 29.5. The van der Waals surface area contributed by atoms with Gasteiger partial charge >= 0.3 is 0 Å². The Morgan fingerprint density at radius 2 is 1.74 bits per heavy atom. The lowest BCUT2D eigenvalue weighted by atomic mass is 9.93. The third-order valence-electron chi connectivity index (χ3n) is 7.24. The molecule has 1 fully saturated rings. The van der Waals surface area contributed by atoms with Crippen LogP contribution in [0.25, 0.3) is 11.2 Å². The molecule has 4 rings (SSSR count). The van der Waals surface area contributed by atoms with Crippen molar-refractivity contribution in [2.24, 2.45) is 0 Å². The molecule has 0 unspecified atom stereocenters. The summed E-state index contributed by atoms with van der Waals surface area (Å²) in [5.41, 5.74) is 2.09. The van der Waals surface area contributed by atoms with Gasteiger partial charge in [-0.15, -0.1) is 0 Å². The highest BCUT2D eigenvalue weighted by Gasteiger charge is 2.22. The number of nitrogens with zero attached hydrogens (tertiary/aromatic N) is 5. The van der Waals surface area contributed by atoms with Gasteiger partial charge in [0.05, 0.1) is 17.3 Å². The van der Waals surface area contributed by atoms with Gasteiger partial charge in [-0.3, -0.25) is 0 Å². The van der Waals surface area contributed by atoms with Crippen LogP contribution in [0.1, 0.15) is 71.6 Å². The molecule has 208 valence electrons. The second kappa shape index (κ2) is 12.9. The molecule has 0 amide bonds. The van der Waals surface area contributed by atoms with E-state index >= 15 is 0 Å². The lowest BCUT2D eigenvalue weighted by molar-refractivity contribution is 0.126. The van der Waals surface area contributed by atoms with Crippen LogP contribution in [0.15, 0.2) is 35.5 Å². The minimum Gasteiger partial charge on any atom is -0.393 e. The number of anilines is 3. The van der Waals surface area contributed by atoms with Crippen molar-refractivity contribution in [3.05, 3.63) is 30.6 Å². The van der Waals surface area contributed by atoms with E-state index in [0.717, 1.165) is 57.1 Å². The van der Waals surface area contributed by atoms with Crippen LogP contribution in [0.4, 0.5) is 17.5 Å². The van der Waals surface area contributed by atoms with Gasteiger partial charge in [0.25, 0.3) is 0 Å². The van der Waals surface area contributed by atoms with Gasteiger partial charge in [0.1, 0.15) is 0 Å². The minimum absolute atomic E-state index is 0.204. The zero-order valence-electron chi connectivity index (χ0n) is 22.7. The number of aromatic nitrogens is 4. The second-order valence-electron chi connectivity index (χ2n) is 10.1. The summed E-state index contributed by atoms with van der Waals surface area (Å²) in [6.07, 6.45) is 10.2. The summed E-state index contributed by atoms with van der Waals surface area (Å²) in [5.74, 6) is 1.07. The summed E-state index contributed by atoms with van der Waals surface area (Å²) in [6, 6.07) is 6.96. The summed E-state index contributed by atoms with van der Waals surface area (Å²) in [6.45, 7) is 5.44. The highest BCUT2D eigenvalue weighted by molar-refractivity contribution is 7.89. The van der Waals surface area contributed by atoms with Crippen molar-refractivity contribution >= 4 is 38.6 Å². The predicted molar refractivity (Wildman–Crippen MR) is 151 cm³/mol. The molecule has 1 aliphatic rings. The van der Waals surface area contributed by atoms with Crippen LogP contribution in [0.5, 0.6) is 0 Å². The molecular weight excluding hydrogens is 502 g/mol. The summed E-state index contributed by atoms with van der Waals surface area (Å²) in [7, 11) is -1.90. The van der Waals surface area contributed by atoms with Crippen molar-refractivity contribution < 1.29 is 13.5 Å². The Labute approximate surface area is 225 Å². The average molecular weight is 544 g/mol. The smallest absolute Gasteiger partial charge is 0.242 e. The summed E-state index contributed by atoms with van der Waals surface area (Å²) in [4.78, 5) is 14.2. The number of fused-ring (bicyclic) bond motifs is 1. The molecule has 3 aromatic rings. The first-order valence-corrected chi connectivity index (χ1v) is 15.3. The van der Waals surface area contributed by atoms with Gasteiger partial charge in [0.15, 0.2) is 17.0 Å². The van der Waals surface area contributed by atoms with Crippen molar-refractivity contribution in [3.8, 4) is 0 Å². The number of aliphatic hydroxyl groups excluding tert-OH is 1. The Kier molecular flexibility index (Phi) is 9.56. The largest absolute Gasteiger partial charge is 0.393 e. The summed E-state index contributed by atoms with van der Waals surface area (Å²) in [5, 5.41) is 16.6. The Morgan fingerprint density at radius 3 is 2.42 bits per heavy atom. The van der Waals surface area contributed by atoms with Gasteiger partial charge in [-0.05, 0) is 63.3 Å². The Bertz CT molecular complexity index is 1290. The monoisotopic (exact) mass is 543 g/mol. The van der Waals surface area contributed by atoms with E-state index < -0.39 is 10.0 Å². The highest BCUT2D eigenvalue weighted by atomic mass is 32.2. The van der Waals surface area contributed by atoms with Gasteiger partial charge < -0.3 is 20.3 Å². The molecule has 0 aliphatic heterocycles. The lowest BCUT2D eigenvalue weighted by Crippen LogP contribution is -2.29. The number of rotatable bonds is 13. The molecule has 10 nitrogen and oxygen atoms in total. The molecular formula is C27H41N7O3S. The molecule has 1 saturated carbocycles. The molecule has 0 spiro atoms. The topological polar surface area (TPSA) is 125 Å². The number of hydrogen-bond donors (Lipinski definition) is 3. The van der Waals surface area contributed by atoms with Crippen molar-refractivity contribution in [2.45, 2.75) is 95.2 Å². The van der Waals surface area contributed by atoms with Crippen LogP contribution in [0.3, 0.4) is 0 Å². The maximum absolute atomic E-state index is 13.0. The molecule has 0 bridgehead atoms. The van der Waals surface area contributed by atoms with Gasteiger partial charge in [0.2, 0.25) is 16.0 Å². The Balaban J connectivity index is 1.49. The number of nitrogens with one attached hydrogen (secondary N) is 2. The Hall–Kier alpha value is -2.76. The number of unbranched alkanes of at least 4 members (excludes halogenated alkanes) is 4. The van der Waals surface area contributed by atoms with Crippen molar-refractivity contribution in [1.82, 2.24) is 23.8 Å². The number of hydrogen-bond acceptors (Lipinski definition) is 8. The van der Waals surface area contributed by atoms with Crippen LogP contribution in [0.2, 0.25) is 0 Å².